The summed E-state index contributed by atoms with van der Waals surface area (Å²) >= 11 is 5.59. The van der Waals surface area contributed by atoms with Gasteiger partial charge in [-0.25, -0.2) is 0 Å². The fourth-order valence-corrected chi connectivity index (χ4v) is 1.15. The van der Waals surface area contributed by atoms with Gasteiger partial charge in [-0.1, -0.05) is 0 Å². The van der Waals surface area contributed by atoms with Gasteiger partial charge >= 0.3 is 0 Å². The van der Waals surface area contributed by atoms with Crippen LogP contribution < -0.4 is 0 Å². The average Bonchev–Trinajstić information content (AvgIpc) is 2.01. The predicted molar refractivity (Wildman–Crippen MR) is 56.0 cm³/mol. The first-order chi connectivity index (χ1) is 5.66. The molecule has 0 N–H and O–H groups in total. The van der Waals surface area contributed by atoms with Gasteiger partial charge in [0.2, 0.25) is 0 Å². The largest absolute Gasteiger partial charge is 0.308 e. The summed E-state index contributed by atoms with van der Waals surface area (Å²) in [6, 6.07) is 0. The summed E-state index contributed by atoms with van der Waals surface area (Å²) in [5.41, 5.74) is 0. The lowest BCUT2D eigenvalue weighted by atomic mass is 10.3. The lowest BCUT2D eigenvalue weighted by molar-refractivity contribution is 0.279. The van der Waals surface area contributed by atoms with Gasteiger partial charge in [-0.15, -0.1) is 11.6 Å². The van der Waals surface area contributed by atoms with Crippen molar-refractivity contribution in [2.75, 3.05) is 46.7 Å². The second-order valence-electron chi connectivity index (χ2n) is 3.50. The van der Waals surface area contributed by atoms with Crippen molar-refractivity contribution in [3.05, 3.63) is 0 Å². The van der Waals surface area contributed by atoms with Crippen molar-refractivity contribution in [3.8, 4) is 0 Å². The van der Waals surface area contributed by atoms with Crippen LogP contribution >= 0.6 is 11.6 Å². The zero-order valence-electron chi connectivity index (χ0n) is 8.52. The lowest BCUT2D eigenvalue weighted by Crippen LogP contribution is -2.29. The van der Waals surface area contributed by atoms with E-state index in [9.17, 15) is 0 Å². The number of hydrogen-bond acceptors (Lipinski definition) is 2. The zero-order valence-corrected chi connectivity index (χ0v) is 9.27. The Bertz CT molecular complexity index is 96.5. The van der Waals surface area contributed by atoms with Gasteiger partial charge in [-0.05, 0) is 40.5 Å². The van der Waals surface area contributed by atoms with E-state index in [-0.39, 0.29) is 0 Å². The smallest absolute Gasteiger partial charge is 0.0223 e. The quantitative estimate of drug-likeness (QED) is 0.446. The second-order valence-corrected chi connectivity index (χ2v) is 3.88. The molecule has 0 spiro atoms. The lowest BCUT2D eigenvalue weighted by Gasteiger charge is -2.18. The van der Waals surface area contributed by atoms with Crippen molar-refractivity contribution in [2.45, 2.75) is 12.8 Å². The molecule has 3 heteroatoms. The van der Waals surface area contributed by atoms with Crippen molar-refractivity contribution in [1.29, 1.82) is 0 Å². The topological polar surface area (TPSA) is 6.48 Å². The van der Waals surface area contributed by atoms with E-state index < -0.39 is 0 Å². The van der Waals surface area contributed by atoms with E-state index in [1.165, 1.54) is 13.0 Å². The Morgan fingerprint density at radius 1 is 0.917 bits per heavy atom. The monoisotopic (exact) mass is 192 g/mol. The van der Waals surface area contributed by atoms with Crippen LogP contribution in [0.4, 0.5) is 0 Å². The molecule has 0 radical (unpaired) electrons. The third kappa shape index (κ3) is 8.31. The van der Waals surface area contributed by atoms with E-state index in [1.807, 2.05) is 0 Å². The van der Waals surface area contributed by atoms with Gasteiger partial charge in [-0.2, -0.15) is 0 Å². The minimum absolute atomic E-state index is 0.793. The van der Waals surface area contributed by atoms with Gasteiger partial charge in [0.25, 0.3) is 0 Å². The van der Waals surface area contributed by atoms with Crippen LogP contribution in [0.5, 0.6) is 0 Å². The van der Waals surface area contributed by atoms with Gasteiger partial charge < -0.3 is 9.80 Å². The molecule has 0 atom stereocenters. The summed E-state index contributed by atoms with van der Waals surface area (Å²) < 4.78 is 0. The third-order valence-corrected chi connectivity index (χ3v) is 2.12. The molecule has 0 aliphatic rings. The molecule has 2 nitrogen and oxygen atoms in total. The molecule has 0 bridgehead atoms. The SMILES string of the molecule is CN(C)CCN(C)CCCCCl. The number of hydrogen-bond donors (Lipinski definition) is 0. The highest BCUT2D eigenvalue weighted by molar-refractivity contribution is 6.17. The fraction of sp³-hybridized carbons (Fsp3) is 1.00. The van der Waals surface area contributed by atoms with Crippen molar-refractivity contribution in [1.82, 2.24) is 9.80 Å². The zero-order chi connectivity index (χ0) is 9.40. The van der Waals surface area contributed by atoms with E-state index in [1.54, 1.807) is 0 Å². The molecule has 0 aromatic carbocycles. The average molecular weight is 193 g/mol. The van der Waals surface area contributed by atoms with Crippen molar-refractivity contribution >= 4 is 11.6 Å². The maximum atomic E-state index is 5.59. The van der Waals surface area contributed by atoms with Gasteiger partial charge in [0, 0.05) is 19.0 Å². The second kappa shape index (κ2) is 7.84. The minimum Gasteiger partial charge on any atom is -0.308 e. The Morgan fingerprint density at radius 3 is 2.08 bits per heavy atom. The first-order valence-corrected chi connectivity index (χ1v) is 5.09. The maximum Gasteiger partial charge on any atom is 0.0223 e. The summed E-state index contributed by atoms with van der Waals surface area (Å²) in [6.45, 7) is 3.45. The van der Waals surface area contributed by atoms with Gasteiger partial charge in [0.05, 0.1) is 0 Å². The highest BCUT2D eigenvalue weighted by atomic mass is 35.5. The van der Waals surface area contributed by atoms with Gasteiger partial charge in [0.1, 0.15) is 0 Å². The number of alkyl halides is 1. The summed E-state index contributed by atoms with van der Waals surface area (Å²) in [5, 5.41) is 0. The van der Waals surface area contributed by atoms with Crippen LogP contribution in [0.1, 0.15) is 12.8 Å². The predicted octanol–water partition coefficient (Wildman–Crippen LogP) is 1.50. The third-order valence-electron chi connectivity index (χ3n) is 1.85. The first kappa shape index (κ1) is 12.2. The maximum absolute atomic E-state index is 5.59. The van der Waals surface area contributed by atoms with Crippen LogP contribution in [-0.2, 0) is 0 Å². The van der Waals surface area contributed by atoms with Crippen LogP contribution in [0, 0.1) is 0 Å². The molecular formula is C9H21ClN2. The van der Waals surface area contributed by atoms with Crippen LogP contribution in [0.25, 0.3) is 0 Å². The summed E-state index contributed by atoms with van der Waals surface area (Å²) in [4.78, 5) is 4.56. The molecule has 0 amide bonds. The van der Waals surface area contributed by atoms with E-state index in [4.69, 9.17) is 11.6 Å². The van der Waals surface area contributed by atoms with Gasteiger partial charge in [0.15, 0.2) is 0 Å². The van der Waals surface area contributed by atoms with E-state index >= 15 is 0 Å². The fourth-order valence-electron chi connectivity index (χ4n) is 0.959. The Balaban J connectivity index is 3.15. The number of rotatable bonds is 7. The van der Waals surface area contributed by atoms with Crippen molar-refractivity contribution < 1.29 is 0 Å². The number of likely N-dealkylation sites (N-methyl/N-ethyl adjacent to an activating group) is 2. The summed E-state index contributed by atoms with van der Waals surface area (Å²) in [5.74, 6) is 0.793. The Labute approximate surface area is 81.5 Å². The number of halogens is 1. The molecule has 0 aliphatic heterocycles. The van der Waals surface area contributed by atoms with Crippen LogP contribution in [0.15, 0.2) is 0 Å². The molecule has 0 heterocycles. The Morgan fingerprint density at radius 2 is 1.58 bits per heavy atom. The molecule has 0 unspecified atom stereocenters. The Kier molecular flexibility index (Phi) is 7.98. The molecule has 0 saturated carbocycles. The summed E-state index contributed by atoms with van der Waals surface area (Å²) in [6.07, 6.45) is 2.35. The summed E-state index contributed by atoms with van der Waals surface area (Å²) in [7, 11) is 6.37. The standard InChI is InChI=1S/C9H21ClN2/c1-11(2)8-9-12(3)7-5-4-6-10/h4-9H2,1-3H3. The molecular weight excluding hydrogens is 172 g/mol. The van der Waals surface area contributed by atoms with Crippen molar-refractivity contribution in [2.24, 2.45) is 0 Å². The minimum atomic E-state index is 0.793. The molecule has 0 aliphatic carbocycles. The van der Waals surface area contributed by atoms with Gasteiger partial charge in [-0.3, -0.25) is 0 Å². The number of unbranched alkanes of at least 4 members (excludes halogenated alkanes) is 1. The normalized spacial score (nSPS) is 11.5. The highest BCUT2D eigenvalue weighted by Crippen LogP contribution is 1.94. The molecule has 0 fully saturated rings. The van der Waals surface area contributed by atoms with E-state index in [0.29, 0.717) is 0 Å². The van der Waals surface area contributed by atoms with Crippen LogP contribution in [-0.4, -0.2) is 56.5 Å². The molecule has 0 saturated heterocycles. The van der Waals surface area contributed by atoms with Crippen molar-refractivity contribution in [3.63, 3.8) is 0 Å². The highest BCUT2D eigenvalue weighted by Gasteiger charge is 1.97. The molecule has 12 heavy (non-hydrogen) atoms. The van der Waals surface area contributed by atoms with Crippen LogP contribution in [0.2, 0.25) is 0 Å². The van der Waals surface area contributed by atoms with E-state index in [2.05, 4.69) is 30.9 Å². The molecule has 0 rings (SSSR count). The van der Waals surface area contributed by atoms with Crippen LogP contribution in [0.3, 0.4) is 0 Å². The Hall–Kier alpha value is 0.210. The number of nitrogens with zero attached hydrogens (tertiary/aromatic N) is 2. The molecule has 0 aromatic rings. The molecule has 0 aromatic heterocycles. The van der Waals surface area contributed by atoms with E-state index in [0.717, 1.165) is 25.4 Å². The molecule has 74 valence electrons. The first-order valence-electron chi connectivity index (χ1n) is 4.56.